The molecule has 1 heterocycles. The van der Waals surface area contributed by atoms with E-state index < -0.39 is 14.6 Å². The van der Waals surface area contributed by atoms with Crippen molar-refractivity contribution in [1.29, 1.82) is 0 Å². The first-order valence-corrected chi connectivity index (χ1v) is 11.1. The molecule has 2 fully saturated rings. The molecule has 0 aromatic heterocycles. The fraction of sp³-hybridized carbons (Fsp3) is 0.476. The van der Waals surface area contributed by atoms with E-state index in [1.165, 1.54) is 16.3 Å². The molecule has 2 aromatic carbocycles. The van der Waals surface area contributed by atoms with E-state index in [1.54, 1.807) is 0 Å². The van der Waals surface area contributed by atoms with E-state index in [-0.39, 0.29) is 30.5 Å². The zero-order valence-corrected chi connectivity index (χ0v) is 15.7. The fourth-order valence-electron chi connectivity index (χ4n) is 4.92. The van der Waals surface area contributed by atoms with Crippen LogP contribution in [0.15, 0.2) is 42.5 Å². The maximum atomic E-state index is 13.2. The van der Waals surface area contributed by atoms with E-state index in [1.807, 2.05) is 18.2 Å². The second-order valence-corrected chi connectivity index (χ2v) is 10.1. The summed E-state index contributed by atoms with van der Waals surface area (Å²) < 4.78 is 25.5. The molecule has 5 heteroatoms. The number of rotatable bonds is 2. The Morgan fingerprint density at radius 1 is 1.08 bits per heavy atom. The summed E-state index contributed by atoms with van der Waals surface area (Å²) in [7, 11) is -3.32. The topological polar surface area (TPSA) is 63.2 Å². The molecule has 1 saturated carbocycles. The fourth-order valence-corrected chi connectivity index (χ4v) is 7.21. The number of fused-ring (bicyclic) bond motifs is 1. The monoisotopic (exact) mass is 371 g/mol. The second-order valence-electron chi connectivity index (χ2n) is 7.70. The van der Waals surface area contributed by atoms with Crippen molar-refractivity contribution in [2.45, 2.75) is 43.3 Å². The van der Waals surface area contributed by atoms with Gasteiger partial charge in [0, 0.05) is 13.0 Å². The zero-order valence-electron chi connectivity index (χ0n) is 14.9. The molecule has 0 bridgehead atoms. The Bertz CT molecular complexity index is 932. The number of amides is 1. The molecular formula is C21H25NO3S. The number of benzene rings is 2. The first-order valence-electron chi connectivity index (χ1n) is 9.47. The summed E-state index contributed by atoms with van der Waals surface area (Å²) >= 11 is 0. The zero-order chi connectivity index (χ0) is 18.2. The third-order valence-electron chi connectivity index (χ3n) is 6.26. The van der Waals surface area contributed by atoms with Crippen LogP contribution in [-0.4, -0.2) is 31.4 Å². The van der Waals surface area contributed by atoms with Gasteiger partial charge in [0.25, 0.3) is 0 Å². The minimum atomic E-state index is -3.32. The molecule has 1 aliphatic carbocycles. The molecule has 26 heavy (non-hydrogen) atoms. The van der Waals surface area contributed by atoms with Gasteiger partial charge in [0.2, 0.25) is 5.91 Å². The summed E-state index contributed by atoms with van der Waals surface area (Å²) in [6.45, 7) is 0.240. The van der Waals surface area contributed by atoms with Gasteiger partial charge in [-0.15, -0.1) is 0 Å². The number of sulfone groups is 1. The highest BCUT2D eigenvalue weighted by Gasteiger charge is 2.52. The molecule has 1 saturated heterocycles. The normalized spacial score (nSPS) is 28.6. The lowest BCUT2D eigenvalue weighted by Gasteiger charge is -2.42. The third-order valence-corrected chi connectivity index (χ3v) is 8.93. The van der Waals surface area contributed by atoms with Crippen LogP contribution in [0.25, 0.3) is 10.8 Å². The highest BCUT2D eigenvalue weighted by atomic mass is 32.2. The Morgan fingerprint density at radius 2 is 1.88 bits per heavy atom. The van der Waals surface area contributed by atoms with Crippen molar-refractivity contribution in [3.8, 4) is 0 Å². The number of hydrogen-bond acceptors (Lipinski definition) is 3. The highest BCUT2D eigenvalue weighted by molar-refractivity contribution is 7.92. The van der Waals surface area contributed by atoms with Gasteiger partial charge in [-0.3, -0.25) is 4.79 Å². The van der Waals surface area contributed by atoms with Gasteiger partial charge in [0.05, 0.1) is 10.5 Å². The summed E-state index contributed by atoms with van der Waals surface area (Å²) in [5, 5.41) is 5.13. The van der Waals surface area contributed by atoms with Crippen molar-refractivity contribution in [1.82, 2.24) is 5.32 Å². The molecule has 2 atom stereocenters. The lowest BCUT2D eigenvalue weighted by Crippen LogP contribution is -2.50. The summed E-state index contributed by atoms with van der Waals surface area (Å²) in [4.78, 5) is 12.3. The average molecular weight is 372 g/mol. The minimum absolute atomic E-state index is 0.00379. The summed E-state index contributed by atoms with van der Waals surface area (Å²) in [6, 6.07) is 14.5. The van der Waals surface area contributed by atoms with Crippen LogP contribution >= 0.6 is 0 Å². The smallest absolute Gasteiger partial charge is 0.221 e. The predicted octanol–water partition coefficient (Wildman–Crippen LogP) is 3.25. The van der Waals surface area contributed by atoms with Crippen LogP contribution in [0.3, 0.4) is 0 Å². The van der Waals surface area contributed by atoms with E-state index >= 15 is 0 Å². The molecule has 2 aromatic rings. The lowest BCUT2D eigenvalue weighted by atomic mass is 9.73. The first kappa shape index (κ1) is 17.5. The maximum absolute atomic E-state index is 13.2. The minimum Gasteiger partial charge on any atom is -0.355 e. The molecule has 0 radical (unpaired) electrons. The molecular weight excluding hydrogens is 346 g/mol. The number of carbonyl (C=O) groups excluding carboxylic acids is 1. The van der Waals surface area contributed by atoms with Crippen LogP contribution in [0.1, 0.15) is 37.7 Å². The summed E-state index contributed by atoms with van der Waals surface area (Å²) in [6.07, 6.45) is 4.24. The summed E-state index contributed by atoms with van der Waals surface area (Å²) in [5.41, 5.74) is 1.19. The Labute approximate surface area is 154 Å². The van der Waals surface area contributed by atoms with Crippen LogP contribution in [0.4, 0.5) is 0 Å². The molecule has 2 unspecified atom stereocenters. The molecule has 1 amide bonds. The Morgan fingerprint density at radius 3 is 2.77 bits per heavy atom. The predicted molar refractivity (Wildman–Crippen MR) is 104 cm³/mol. The van der Waals surface area contributed by atoms with Gasteiger partial charge in [0.1, 0.15) is 0 Å². The van der Waals surface area contributed by atoms with E-state index in [4.69, 9.17) is 0 Å². The van der Waals surface area contributed by atoms with Crippen LogP contribution in [0.5, 0.6) is 0 Å². The Balaban J connectivity index is 1.77. The van der Waals surface area contributed by atoms with Crippen LogP contribution in [0, 0.1) is 5.92 Å². The van der Waals surface area contributed by atoms with Crippen LogP contribution < -0.4 is 5.32 Å². The van der Waals surface area contributed by atoms with Crippen molar-refractivity contribution in [2.24, 2.45) is 5.92 Å². The van der Waals surface area contributed by atoms with E-state index in [2.05, 4.69) is 29.6 Å². The van der Waals surface area contributed by atoms with Crippen LogP contribution in [0.2, 0.25) is 0 Å². The highest BCUT2D eigenvalue weighted by Crippen LogP contribution is 2.45. The van der Waals surface area contributed by atoms with Gasteiger partial charge in [-0.2, -0.15) is 0 Å². The van der Waals surface area contributed by atoms with Gasteiger partial charge in [-0.1, -0.05) is 55.3 Å². The van der Waals surface area contributed by atoms with Gasteiger partial charge in [-0.05, 0) is 41.5 Å². The van der Waals surface area contributed by atoms with Gasteiger partial charge >= 0.3 is 0 Å². The van der Waals surface area contributed by atoms with E-state index in [0.717, 1.165) is 19.3 Å². The number of carbonyl (C=O) groups is 1. The second kappa shape index (κ2) is 6.69. The van der Waals surface area contributed by atoms with E-state index in [0.29, 0.717) is 12.8 Å². The Kier molecular flexibility index (Phi) is 4.51. The number of nitrogens with one attached hydrogen (secondary N) is 1. The molecule has 138 valence electrons. The molecule has 4 nitrogen and oxygen atoms in total. The molecule has 1 spiro atoms. The standard InChI is InChI=1S/C21H25NO3S/c23-20-15-21(26(24,25)13-12-22-20)11-4-3-9-18(21)14-17-8-5-7-16-6-1-2-10-19(16)17/h1-2,5-8,10,18H,3-4,9,11-15H2,(H,22,23). The average Bonchev–Trinajstić information content (AvgIpc) is 2.73. The van der Waals surface area contributed by atoms with E-state index in [9.17, 15) is 13.2 Å². The van der Waals surface area contributed by atoms with Gasteiger partial charge < -0.3 is 5.32 Å². The van der Waals surface area contributed by atoms with Crippen molar-refractivity contribution >= 4 is 26.5 Å². The maximum Gasteiger partial charge on any atom is 0.221 e. The first-order chi connectivity index (χ1) is 12.5. The molecule has 2 aliphatic rings. The lowest BCUT2D eigenvalue weighted by molar-refractivity contribution is -0.121. The number of hydrogen-bond donors (Lipinski definition) is 1. The Hall–Kier alpha value is -1.88. The SMILES string of the molecule is O=C1CC2(CCCCC2Cc2cccc3ccccc23)S(=O)(=O)CCN1. The largest absolute Gasteiger partial charge is 0.355 e. The van der Waals surface area contributed by atoms with Crippen molar-refractivity contribution in [2.75, 3.05) is 12.3 Å². The quantitative estimate of drug-likeness (QED) is 0.881. The van der Waals surface area contributed by atoms with Crippen molar-refractivity contribution < 1.29 is 13.2 Å². The molecule has 1 N–H and O–H groups in total. The summed E-state index contributed by atoms with van der Waals surface area (Å²) in [5.74, 6) is -0.0584. The molecule has 4 rings (SSSR count). The van der Waals surface area contributed by atoms with Crippen molar-refractivity contribution in [3.63, 3.8) is 0 Å². The van der Waals surface area contributed by atoms with Gasteiger partial charge in [-0.25, -0.2) is 8.42 Å². The van der Waals surface area contributed by atoms with Crippen LogP contribution in [-0.2, 0) is 21.1 Å². The van der Waals surface area contributed by atoms with Gasteiger partial charge in [0.15, 0.2) is 9.84 Å². The molecule has 1 aliphatic heterocycles. The third kappa shape index (κ3) is 2.92. The van der Waals surface area contributed by atoms with Crippen molar-refractivity contribution in [3.05, 3.63) is 48.0 Å².